The zero-order chi connectivity index (χ0) is 24.0. The lowest BCUT2D eigenvalue weighted by Gasteiger charge is -2.11. The molecule has 0 unspecified atom stereocenters. The van der Waals surface area contributed by atoms with Crippen molar-refractivity contribution in [2.75, 3.05) is 17.2 Å². The lowest BCUT2D eigenvalue weighted by molar-refractivity contribution is -0.383. The maximum Gasteiger partial charge on any atom is 0.353 e. The molecule has 10 heteroatoms. The Bertz CT molecular complexity index is 1160. The standard InChI is InChI=1S/C23H23N5O5/c1-14(2)12-33-23(30)17-6-10-19(11-7-17)27-22-20(28(31)32)21(24-13-25-22)26-18-8-4-16(5-9-18)15(3)29/h4-11,13-14H,12H2,1-3H3,(H2,24,25,26,27). The molecule has 0 saturated heterocycles. The lowest BCUT2D eigenvalue weighted by Crippen LogP contribution is -2.10. The Morgan fingerprint density at radius 1 is 0.939 bits per heavy atom. The molecule has 1 aromatic heterocycles. The molecule has 1 heterocycles. The van der Waals surface area contributed by atoms with Gasteiger partial charge in [-0.05, 0) is 61.4 Å². The van der Waals surface area contributed by atoms with E-state index in [1.165, 1.54) is 13.3 Å². The molecule has 0 atom stereocenters. The lowest BCUT2D eigenvalue weighted by atomic mass is 10.1. The molecular formula is C23H23N5O5. The number of nitrogens with zero attached hydrogens (tertiary/aromatic N) is 3. The van der Waals surface area contributed by atoms with Crippen LogP contribution in [-0.2, 0) is 4.74 Å². The Balaban J connectivity index is 1.80. The van der Waals surface area contributed by atoms with Crippen molar-refractivity contribution >= 4 is 40.5 Å². The average molecular weight is 449 g/mol. The highest BCUT2D eigenvalue weighted by Crippen LogP contribution is 2.33. The fourth-order valence-corrected chi connectivity index (χ4v) is 2.81. The van der Waals surface area contributed by atoms with Gasteiger partial charge in [-0.1, -0.05) is 13.8 Å². The minimum Gasteiger partial charge on any atom is -0.462 e. The van der Waals surface area contributed by atoms with E-state index in [-0.39, 0.29) is 29.0 Å². The first-order valence-corrected chi connectivity index (χ1v) is 10.2. The summed E-state index contributed by atoms with van der Waals surface area (Å²) < 4.78 is 5.19. The van der Waals surface area contributed by atoms with E-state index in [0.29, 0.717) is 29.1 Å². The van der Waals surface area contributed by atoms with Crippen molar-refractivity contribution in [1.29, 1.82) is 0 Å². The molecule has 10 nitrogen and oxygen atoms in total. The Morgan fingerprint density at radius 3 is 1.85 bits per heavy atom. The number of nitro groups is 1. The molecule has 0 spiro atoms. The summed E-state index contributed by atoms with van der Waals surface area (Å²) >= 11 is 0. The molecule has 170 valence electrons. The van der Waals surface area contributed by atoms with Crippen molar-refractivity contribution < 1.29 is 19.2 Å². The SMILES string of the molecule is CC(=O)c1ccc(Nc2ncnc(Nc3ccc(C(=O)OCC(C)C)cc3)c2[N+](=O)[O-])cc1. The molecular weight excluding hydrogens is 426 g/mol. The number of hydrogen-bond acceptors (Lipinski definition) is 9. The van der Waals surface area contributed by atoms with Crippen LogP contribution in [0.2, 0.25) is 0 Å². The maximum absolute atomic E-state index is 12.1. The minimum atomic E-state index is -0.591. The number of anilines is 4. The summed E-state index contributed by atoms with van der Waals surface area (Å²) in [5, 5.41) is 17.6. The normalized spacial score (nSPS) is 10.5. The van der Waals surface area contributed by atoms with Gasteiger partial charge in [-0.25, -0.2) is 14.8 Å². The molecule has 0 aliphatic carbocycles. The van der Waals surface area contributed by atoms with Crippen LogP contribution in [0.3, 0.4) is 0 Å². The fraction of sp³-hybridized carbons (Fsp3) is 0.217. The van der Waals surface area contributed by atoms with Crippen LogP contribution in [-0.4, -0.2) is 33.3 Å². The topological polar surface area (TPSA) is 136 Å². The number of hydrogen-bond donors (Lipinski definition) is 2. The number of esters is 1. The van der Waals surface area contributed by atoms with E-state index in [1.807, 2.05) is 13.8 Å². The van der Waals surface area contributed by atoms with Gasteiger partial charge in [0.05, 0.1) is 17.1 Å². The smallest absolute Gasteiger partial charge is 0.353 e. The third-order valence-electron chi connectivity index (χ3n) is 4.49. The number of aromatic nitrogens is 2. The summed E-state index contributed by atoms with van der Waals surface area (Å²) in [5.74, 6) is -0.330. The predicted octanol–water partition coefficient (Wildman–Crippen LogP) is 4.89. The Hall–Kier alpha value is -4.34. The van der Waals surface area contributed by atoms with E-state index in [9.17, 15) is 19.7 Å². The first-order valence-electron chi connectivity index (χ1n) is 10.2. The molecule has 0 aliphatic heterocycles. The second-order valence-corrected chi connectivity index (χ2v) is 7.63. The highest BCUT2D eigenvalue weighted by Gasteiger charge is 2.23. The average Bonchev–Trinajstić information content (AvgIpc) is 2.78. The molecule has 0 radical (unpaired) electrons. The first kappa shape index (κ1) is 23.3. The summed E-state index contributed by atoms with van der Waals surface area (Å²) in [6, 6.07) is 12.8. The predicted molar refractivity (Wildman–Crippen MR) is 123 cm³/mol. The van der Waals surface area contributed by atoms with Gasteiger partial charge in [0.25, 0.3) is 0 Å². The summed E-state index contributed by atoms with van der Waals surface area (Å²) in [6.45, 7) is 5.66. The fourth-order valence-electron chi connectivity index (χ4n) is 2.81. The second kappa shape index (κ2) is 10.3. The van der Waals surface area contributed by atoms with Gasteiger partial charge in [-0.2, -0.15) is 0 Å². The molecule has 2 aromatic carbocycles. The first-order chi connectivity index (χ1) is 15.7. The molecule has 3 aromatic rings. The number of ketones is 1. The van der Waals surface area contributed by atoms with E-state index in [1.54, 1.807) is 48.5 Å². The van der Waals surface area contributed by atoms with Crippen LogP contribution < -0.4 is 10.6 Å². The summed E-state index contributed by atoms with van der Waals surface area (Å²) in [6.07, 6.45) is 1.19. The van der Waals surface area contributed by atoms with Crippen LogP contribution in [0.4, 0.5) is 28.7 Å². The van der Waals surface area contributed by atoms with Crippen molar-refractivity contribution in [2.45, 2.75) is 20.8 Å². The summed E-state index contributed by atoms with van der Waals surface area (Å²) in [7, 11) is 0. The number of Topliss-reactive ketones (excluding diaryl/α,β-unsaturated/α-hetero) is 1. The van der Waals surface area contributed by atoms with E-state index in [4.69, 9.17) is 4.74 Å². The van der Waals surface area contributed by atoms with Crippen LogP contribution in [0.25, 0.3) is 0 Å². The number of benzene rings is 2. The highest BCUT2D eigenvalue weighted by molar-refractivity contribution is 5.94. The van der Waals surface area contributed by atoms with E-state index in [0.717, 1.165) is 0 Å². The molecule has 33 heavy (non-hydrogen) atoms. The van der Waals surface area contributed by atoms with Gasteiger partial charge in [-0.3, -0.25) is 14.9 Å². The molecule has 0 aliphatic rings. The largest absolute Gasteiger partial charge is 0.462 e. The van der Waals surface area contributed by atoms with Gasteiger partial charge in [-0.15, -0.1) is 0 Å². The molecule has 0 fully saturated rings. The third-order valence-corrected chi connectivity index (χ3v) is 4.49. The van der Waals surface area contributed by atoms with Crippen molar-refractivity contribution in [3.8, 4) is 0 Å². The van der Waals surface area contributed by atoms with Gasteiger partial charge in [0.1, 0.15) is 6.33 Å². The minimum absolute atomic E-state index is 0.0121. The summed E-state index contributed by atoms with van der Waals surface area (Å²) in [4.78, 5) is 42.7. The van der Waals surface area contributed by atoms with Gasteiger partial charge in [0.2, 0.25) is 11.6 Å². The molecule has 3 rings (SSSR count). The van der Waals surface area contributed by atoms with Crippen LogP contribution in [0.15, 0.2) is 54.9 Å². The molecule has 0 saturated carbocycles. The summed E-state index contributed by atoms with van der Waals surface area (Å²) in [5.41, 5.74) is 1.56. The van der Waals surface area contributed by atoms with Crippen molar-refractivity contribution in [3.63, 3.8) is 0 Å². The zero-order valence-electron chi connectivity index (χ0n) is 18.4. The van der Waals surface area contributed by atoms with Crippen LogP contribution in [0.5, 0.6) is 0 Å². The van der Waals surface area contributed by atoms with Gasteiger partial charge >= 0.3 is 11.7 Å². The van der Waals surface area contributed by atoms with E-state index < -0.39 is 10.9 Å². The Labute approximate surface area is 190 Å². The number of rotatable bonds is 9. The van der Waals surface area contributed by atoms with Crippen molar-refractivity contribution in [1.82, 2.24) is 9.97 Å². The Kier molecular flexibility index (Phi) is 7.29. The Morgan fingerprint density at radius 2 is 1.42 bits per heavy atom. The molecule has 0 bridgehead atoms. The van der Waals surface area contributed by atoms with Crippen LogP contribution >= 0.6 is 0 Å². The number of nitrogens with one attached hydrogen (secondary N) is 2. The van der Waals surface area contributed by atoms with Crippen LogP contribution in [0.1, 0.15) is 41.5 Å². The zero-order valence-corrected chi connectivity index (χ0v) is 18.4. The monoisotopic (exact) mass is 449 g/mol. The van der Waals surface area contributed by atoms with E-state index in [2.05, 4.69) is 20.6 Å². The highest BCUT2D eigenvalue weighted by atomic mass is 16.6. The molecule has 2 N–H and O–H groups in total. The number of carbonyl (C=O) groups is 2. The van der Waals surface area contributed by atoms with Crippen molar-refractivity contribution in [3.05, 3.63) is 76.1 Å². The van der Waals surface area contributed by atoms with Gasteiger partial charge < -0.3 is 15.4 Å². The number of ether oxygens (including phenoxy) is 1. The van der Waals surface area contributed by atoms with E-state index >= 15 is 0 Å². The quantitative estimate of drug-likeness (QED) is 0.202. The van der Waals surface area contributed by atoms with Gasteiger partial charge in [0, 0.05) is 16.9 Å². The van der Waals surface area contributed by atoms with Gasteiger partial charge in [0.15, 0.2) is 5.78 Å². The van der Waals surface area contributed by atoms with Crippen LogP contribution in [0, 0.1) is 16.0 Å². The molecule has 0 amide bonds. The third kappa shape index (κ3) is 6.10. The second-order valence-electron chi connectivity index (χ2n) is 7.63. The number of carbonyl (C=O) groups excluding carboxylic acids is 2. The van der Waals surface area contributed by atoms with Crippen molar-refractivity contribution in [2.24, 2.45) is 5.92 Å². The maximum atomic E-state index is 12.1.